The molecular weight excluding hydrogens is 240 g/mol. The second-order valence-electron chi connectivity index (χ2n) is 5.25. The molecule has 106 valence electrons. The Balaban J connectivity index is 2.26. The van der Waals surface area contributed by atoms with E-state index in [0.717, 1.165) is 49.9 Å². The fourth-order valence-electron chi connectivity index (χ4n) is 2.22. The van der Waals surface area contributed by atoms with Crippen LogP contribution in [0.25, 0.3) is 0 Å². The molecule has 5 nitrogen and oxygen atoms in total. The minimum atomic E-state index is 0.334. The van der Waals surface area contributed by atoms with Gasteiger partial charge in [0.1, 0.15) is 11.6 Å². The average Bonchev–Trinajstić information content (AvgIpc) is 2.67. The first-order valence-corrected chi connectivity index (χ1v) is 7.03. The molecule has 0 unspecified atom stereocenters. The molecule has 0 aromatic carbocycles. The molecule has 0 radical (unpaired) electrons. The molecule has 2 rings (SSSR count). The number of aromatic nitrogens is 2. The Hall–Kier alpha value is -1.20. The second-order valence-corrected chi connectivity index (χ2v) is 5.25. The zero-order valence-corrected chi connectivity index (χ0v) is 12.1. The molecule has 1 saturated heterocycles. The third-order valence-electron chi connectivity index (χ3n) is 3.26. The van der Waals surface area contributed by atoms with E-state index in [4.69, 9.17) is 9.72 Å². The molecule has 1 fully saturated rings. The summed E-state index contributed by atoms with van der Waals surface area (Å²) in [6.07, 6.45) is 1.15. The minimum Gasteiger partial charge on any atom is -0.378 e. The number of hydrogen-bond acceptors (Lipinski definition) is 5. The first-order chi connectivity index (χ1) is 9.20. The molecule has 0 aliphatic carbocycles. The van der Waals surface area contributed by atoms with Crippen molar-refractivity contribution >= 4 is 5.82 Å². The van der Waals surface area contributed by atoms with Gasteiger partial charge in [0.15, 0.2) is 0 Å². The first-order valence-electron chi connectivity index (χ1n) is 7.03. The fraction of sp³-hybridized carbons (Fsp3) is 0.714. The van der Waals surface area contributed by atoms with Gasteiger partial charge in [-0.15, -0.1) is 0 Å². The van der Waals surface area contributed by atoms with Crippen LogP contribution in [0.3, 0.4) is 0 Å². The highest BCUT2D eigenvalue weighted by molar-refractivity contribution is 5.40. The van der Waals surface area contributed by atoms with Gasteiger partial charge in [0.05, 0.1) is 12.3 Å². The van der Waals surface area contributed by atoms with Crippen molar-refractivity contribution in [3.05, 3.63) is 17.6 Å². The van der Waals surface area contributed by atoms with Crippen molar-refractivity contribution in [2.24, 2.45) is 0 Å². The highest BCUT2D eigenvalue weighted by Gasteiger charge is 2.14. The lowest BCUT2D eigenvalue weighted by Gasteiger charge is -2.22. The zero-order chi connectivity index (χ0) is 13.7. The van der Waals surface area contributed by atoms with Gasteiger partial charge in [-0.1, -0.05) is 13.8 Å². The number of methoxy groups -OCH3 is 1. The summed E-state index contributed by atoms with van der Waals surface area (Å²) in [6.45, 7) is 8.94. The van der Waals surface area contributed by atoms with Crippen molar-refractivity contribution in [1.82, 2.24) is 15.3 Å². The SMILES string of the molecule is COCc1cc(N2CCCNCC2)nc(C(C)C)n1. The van der Waals surface area contributed by atoms with Crippen molar-refractivity contribution in [3.8, 4) is 0 Å². The summed E-state index contributed by atoms with van der Waals surface area (Å²) in [5, 5.41) is 3.41. The van der Waals surface area contributed by atoms with Crippen molar-refractivity contribution < 1.29 is 4.74 Å². The van der Waals surface area contributed by atoms with Gasteiger partial charge < -0.3 is 15.0 Å². The van der Waals surface area contributed by atoms with Gasteiger partial charge in [-0.05, 0) is 13.0 Å². The van der Waals surface area contributed by atoms with Gasteiger partial charge in [-0.2, -0.15) is 0 Å². The molecule has 19 heavy (non-hydrogen) atoms. The van der Waals surface area contributed by atoms with E-state index in [0.29, 0.717) is 12.5 Å². The molecule has 1 aromatic rings. The molecule has 0 bridgehead atoms. The van der Waals surface area contributed by atoms with Crippen LogP contribution in [0.4, 0.5) is 5.82 Å². The number of nitrogens with zero attached hydrogens (tertiary/aromatic N) is 3. The highest BCUT2D eigenvalue weighted by atomic mass is 16.5. The van der Waals surface area contributed by atoms with Crippen LogP contribution >= 0.6 is 0 Å². The Kier molecular flexibility index (Phi) is 5.10. The fourth-order valence-corrected chi connectivity index (χ4v) is 2.22. The topological polar surface area (TPSA) is 50.3 Å². The predicted molar refractivity (Wildman–Crippen MR) is 76.5 cm³/mol. The second kappa shape index (κ2) is 6.82. The standard InChI is InChI=1S/C14H24N4O/c1-11(2)14-16-12(10-19-3)9-13(17-14)18-7-4-5-15-6-8-18/h9,11,15H,4-8,10H2,1-3H3. The van der Waals surface area contributed by atoms with Crippen molar-refractivity contribution in [2.45, 2.75) is 32.8 Å². The van der Waals surface area contributed by atoms with Gasteiger partial charge in [-0.25, -0.2) is 9.97 Å². The van der Waals surface area contributed by atoms with E-state index in [1.54, 1.807) is 7.11 Å². The zero-order valence-electron chi connectivity index (χ0n) is 12.1. The van der Waals surface area contributed by atoms with Crippen molar-refractivity contribution in [3.63, 3.8) is 0 Å². The molecule has 1 aromatic heterocycles. The summed E-state index contributed by atoms with van der Waals surface area (Å²) in [7, 11) is 1.70. The van der Waals surface area contributed by atoms with E-state index in [2.05, 4.69) is 35.1 Å². The predicted octanol–water partition coefficient (Wildman–Crippen LogP) is 1.55. The molecular formula is C14H24N4O. The summed E-state index contributed by atoms with van der Waals surface area (Å²) >= 11 is 0. The van der Waals surface area contributed by atoms with Crippen molar-refractivity contribution in [2.75, 3.05) is 38.2 Å². The van der Waals surface area contributed by atoms with Crippen LogP contribution in [0.2, 0.25) is 0 Å². The van der Waals surface area contributed by atoms with Crippen LogP contribution in [0.1, 0.15) is 37.7 Å². The molecule has 5 heteroatoms. The van der Waals surface area contributed by atoms with Crippen LogP contribution in [0, 0.1) is 0 Å². The maximum absolute atomic E-state index is 5.21. The molecule has 0 amide bonds. The third kappa shape index (κ3) is 3.88. The molecule has 0 atom stereocenters. The maximum Gasteiger partial charge on any atom is 0.133 e. The Morgan fingerprint density at radius 2 is 2.16 bits per heavy atom. The molecule has 0 spiro atoms. The van der Waals surface area contributed by atoms with Gasteiger partial charge in [-0.3, -0.25) is 0 Å². The molecule has 1 N–H and O–H groups in total. The van der Waals surface area contributed by atoms with Crippen LogP contribution in [-0.2, 0) is 11.3 Å². The molecule has 1 aliphatic heterocycles. The summed E-state index contributed by atoms with van der Waals surface area (Å²) in [5.74, 6) is 2.27. The maximum atomic E-state index is 5.21. The largest absolute Gasteiger partial charge is 0.378 e. The smallest absolute Gasteiger partial charge is 0.133 e. The number of hydrogen-bond donors (Lipinski definition) is 1. The number of anilines is 1. The normalized spacial score (nSPS) is 16.7. The van der Waals surface area contributed by atoms with E-state index in [-0.39, 0.29) is 0 Å². The van der Waals surface area contributed by atoms with Crippen LogP contribution in [0.15, 0.2) is 6.07 Å². The molecule has 1 aliphatic rings. The van der Waals surface area contributed by atoms with E-state index in [9.17, 15) is 0 Å². The monoisotopic (exact) mass is 264 g/mol. The van der Waals surface area contributed by atoms with E-state index < -0.39 is 0 Å². The Bertz CT molecular complexity index is 400. The summed E-state index contributed by atoms with van der Waals surface area (Å²) < 4.78 is 5.21. The summed E-state index contributed by atoms with van der Waals surface area (Å²) in [4.78, 5) is 11.6. The Labute approximate surface area is 115 Å². The molecule has 0 saturated carbocycles. The Morgan fingerprint density at radius 3 is 2.89 bits per heavy atom. The van der Waals surface area contributed by atoms with Crippen LogP contribution in [0.5, 0.6) is 0 Å². The van der Waals surface area contributed by atoms with Gasteiger partial charge in [0.2, 0.25) is 0 Å². The lowest BCUT2D eigenvalue weighted by molar-refractivity contribution is 0.181. The number of rotatable bonds is 4. The summed E-state index contributed by atoms with van der Waals surface area (Å²) in [6, 6.07) is 2.06. The minimum absolute atomic E-state index is 0.334. The third-order valence-corrected chi connectivity index (χ3v) is 3.26. The van der Waals surface area contributed by atoms with E-state index in [1.165, 1.54) is 0 Å². The average molecular weight is 264 g/mol. The lowest BCUT2D eigenvalue weighted by Crippen LogP contribution is -2.29. The van der Waals surface area contributed by atoms with E-state index in [1.807, 2.05) is 0 Å². The quantitative estimate of drug-likeness (QED) is 0.894. The van der Waals surface area contributed by atoms with Crippen LogP contribution < -0.4 is 10.2 Å². The number of ether oxygens (including phenoxy) is 1. The highest BCUT2D eigenvalue weighted by Crippen LogP contribution is 2.18. The first kappa shape index (κ1) is 14.2. The van der Waals surface area contributed by atoms with E-state index >= 15 is 0 Å². The van der Waals surface area contributed by atoms with Gasteiger partial charge in [0.25, 0.3) is 0 Å². The lowest BCUT2D eigenvalue weighted by atomic mass is 10.2. The molecule has 2 heterocycles. The van der Waals surface area contributed by atoms with Crippen LogP contribution in [-0.4, -0.2) is 43.3 Å². The van der Waals surface area contributed by atoms with Gasteiger partial charge in [0, 0.05) is 38.7 Å². The Morgan fingerprint density at radius 1 is 1.32 bits per heavy atom. The van der Waals surface area contributed by atoms with Gasteiger partial charge >= 0.3 is 0 Å². The number of nitrogens with one attached hydrogen (secondary N) is 1. The van der Waals surface area contributed by atoms with Crippen molar-refractivity contribution in [1.29, 1.82) is 0 Å². The summed E-state index contributed by atoms with van der Waals surface area (Å²) in [5.41, 5.74) is 0.966.